The Balaban J connectivity index is 1.19. The maximum atomic E-state index is 12.3. The Morgan fingerprint density at radius 3 is 2.51 bits per heavy atom. The highest BCUT2D eigenvalue weighted by Gasteiger charge is 2.60. The number of carbonyl (C=O) groups is 1. The molecule has 198 valence electrons. The van der Waals surface area contributed by atoms with Gasteiger partial charge in [0.1, 0.15) is 0 Å². The Morgan fingerprint density at radius 2 is 1.77 bits per heavy atom. The lowest BCUT2D eigenvalue weighted by Gasteiger charge is -2.61. The average molecular weight is 488 g/mol. The van der Waals surface area contributed by atoms with Crippen molar-refractivity contribution in [3.63, 3.8) is 0 Å². The van der Waals surface area contributed by atoms with Crippen LogP contribution in [0.3, 0.4) is 0 Å². The number of carbonyl (C=O) groups excluding carboxylic acids is 1. The van der Waals surface area contributed by atoms with Crippen molar-refractivity contribution in [1.82, 2.24) is 10.6 Å². The topological polar surface area (TPSA) is 83.0 Å². The van der Waals surface area contributed by atoms with Crippen LogP contribution in [0.25, 0.3) is 0 Å². The summed E-state index contributed by atoms with van der Waals surface area (Å²) >= 11 is 0. The summed E-state index contributed by atoms with van der Waals surface area (Å²) in [6.45, 7) is 13.2. The van der Waals surface area contributed by atoms with E-state index in [1.165, 1.54) is 38.5 Å². The van der Waals surface area contributed by atoms with Gasteiger partial charge in [-0.25, -0.2) is 4.79 Å². The van der Waals surface area contributed by atoms with E-state index in [1.54, 1.807) is 0 Å². The predicted octanol–water partition coefficient (Wildman–Crippen LogP) is 5.50. The zero-order chi connectivity index (χ0) is 25.0. The molecule has 1 saturated heterocycles. The zero-order valence-electron chi connectivity index (χ0n) is 22.7. The van der Waals surface area contributed by atoms with Crippen molar-refractivity contribution >= 4 is 11.8 Å². The van der Waals surface area contributed by atoms with Crippen molar-refractivity contribution in [3.05, 3.63) is 0 Å². The molecule has 5 aliphatic rings. The lowest BCUT2D eigenvalue weighted by atomic mass is 9.44. The highest BCUT2D eigenvalue weighted by atomic mass is 16.7. The smallest absolute Gasteiger partial charge is 0.393 e. The highest BCUT2D eigenvalue weighted by Crippen LogP contribution is 2.67. The number of fused-ring (bicyclic) bond motifs is 5. The summed E-state index contributed by atoms with van der Waals surface area (Å²) in [6, 6.07) is 0.302. The van der Waals surface area contributed by atoms with Gasteiger partial charge in [-0.2, -0.15) is 0 Å². The number of oxime groups is 1. The fourth-order valence-electron chi connectivity index (χ4n) is 9.71. The molecule has 6 nitrogen and oxygen atoms in total. The van der Waals surface area contributed by atoms with E-state index < -0.39 is 6.09 Å². The maximum Gasteiger partial charge on any atom is 0.433 e. The third kappa shape index (κ3) is 4.67. The second kappa shape index (κ2) is 9.31. The molecule has 3 N–H and O–H groups in total. The van der Waals surface area contributed by atoms with Gasteiger partial charge in [0.05, 0.1) is 11.8 Å². The van der Waals surface area contributed by atoms with Crippen LogP contribution in [0.5, 0.6) is 0 Å². The second-order valence-electron chi connectivity index (χ2n) is 14.2. The number of rotatable bonds is 4. The van der Waals surface area contributed by atoms with Gasteiger partial charge in [0.2, 0.25) is 0 Å². The van der Waals surface area contributed by atoms with Gasteiger partial charge < -0.3 is 15.7 Å². The third-order valence-electron chi connectivity index (χ3n) is 11.6. The first-order valence-corrected chi connectivity index (χ1v) is 14.4. The van der Waals surface area contributed by atoms with E-state index in [0.29, 0.717) is 29.8 Å². The summed E-state index contributed by atoms with van der Waals surface area (Å²) in [7, 11) is 0. The van der Waals surface area contributed by atoms with Crippen molar-refractivity contribution < 1.29 is 14.7 Å². The summed E-state index contributed by atoms with van der Waals surface area (Å²) < 4.78 is 0. The van der Waals surface area contributed by atoms with E-state index in [1.807, 2.05) is 0 Å². The van der Waals surface area contributed by atoms with E-state index in [0.717, 1.165) is 55.7 Å². The number of aliphatic hydroxyl groups is 1. The standard InChI is InChI=1S/C29H49N3O3/c1-18(32-35-26(34)30-16-20-15-27(2,3)17-31-20)23-8-9-24-22-7-6-19-14-21(33)10-12-28(19,4)25(22)11-13-29(23,24)5/h19-25,31,33H,6-17H2,1-5H3,(H,30,34)/b32-18+/t19-,20?,21-,22+,23-,24+,25+,28+,29-/m1/s1. The molecule has 1 heterocycles. The molecular formula is C29H49N3O3. The van der Waals surface area contributed by atoms with Gasteiger partial charge in [-0.05, 0) is 111 Å². The van der Waals surface area contributed by atoms with E-state index in [2.05, 4.69) is 50.4 Å². The molecule has 5 fully saturated rings. The minimum atomic E-state index is -0.440. The number of amides is 1. The van der Waals surface area contributed by atoms with Crippen LogP contribution in [0.2, 0.25) is 0 Å². The van der Waals surface area contributed by atoms with Crippen LogP contribution in [-0.4, -0.2) is 42.1 Å². The Kier molecular flexibility index (Phi) is 6.78. The summed E-state index contributed by atoms with van der Waals surface area (Å²) in [5, 5.41) is 21.0. The molecule has 1 amide bonds. The average Bonchev–Trinajstić information content (AvgIpc) is 3.35. The maximum absolute atomic E-state index is 12.3. The van der Waals surface area contributed by atoms with Crippen molar-refractivity contribution in [2.24, 2.45) is 51.0 Å². The second-order valence-corrected chi connectivity index (χ2v) is 14.2. The lowest BCUT2D eigenvalue weighted by Crippen LogP contribution is -2.54. The van der Waals surface area contributed by atoms with E-state index in [4.69, 9.17) is 4.84 Å². The minimum Gasteiger partial charge on any atom is -0.393 e. The van der Waals surface area contributed by atoms with Gasteiger partial charge in [-0.1, -0.05) is 32.9 Å². The van der Waals surface area contributed by atoms with Crippen LogP contribution in [0.1, 0.15) is 98.8 Å². The highest BCUT2D eigenvalue weighted by molar-refractivity contribution is 5.85. The van der Waals surface area contributed by atoms with E-state index in [-0.39, 0.29) is 16.9 Å². The molecular weight excluding hydrogens is 438 g/mol. The number of hydrogen-bond acceptors (Lipinski definition) is 5. The fourth-order valence-corrected chi connectivity index (χ4v) is 9.71. The Hall–Kier alpha value is -1.14. The van der Waals surface area contributed by atoms with Crippen molar-refractivity contribution in [2.75, 3.05) is 13.1 Å². The first kappa shape index (κ1) is 25.5. The Labute approximate surface area is 212 Å². The summed E-state index contributed by atoms with van der Waals surface area (Å²) in [5.74, 6) is 3.45. The molecule has 0 aromatic heterocycles. The minimum absolute atomic E-state index is 0.0772. The quantitative estimate of drug-likeness (QED) is 0.278. The number of aliphatic hydroxyl groups excluding tert-OH is 1. The van der Waals surface area contributed by atoms with Gasteiger partial charge in [0.15, 0.2) is 0 Å². The van der Waals surface area contributed by atoms with Crippen LogP contribution >= 0.6 is 0 Å². The molecule has 0 aromatic carbocycles. The van der Waals surface area contributed by atoms with Crippen molar-refractivity contribution in [2.45, 2.75) is 111 Å². The number of nitrogens with zero attached hydrogens (tertiary/aromatic N) is 1. The van der Waals surface area contributed by atoms with Crippen LogP contribution in [0.4, 0.5) is 4.79 Å². The molecule has 5 rings (SSSR count). The zero-order valence-corrected chi connectivity index (χ0v) is 22.7. The van der Waals surface area contributed by atoms with Gasteiger partial charge in [0.25, 0.3) is 0 Å². The predicted molar refractivity (Wildman–Crippen MR) is 139 cm³/mol. The molecule has 4 aliphatic carbocycles. The Morgan fingerprint density at radius 1 is 1.03 bits per heavy atom. The molecule has 35 heavy (non-hydrogen) atoms. The third-order valence-corrected chi connectivity index (χ3v) is 11.6. The largest absolute Gasteiger partial charge is 0.433 e. The molecule has 4 saturated carbocycles. The van der Waals surface area contributed by atoms with Gasteiger partial charge in [-0.15, -0.1) is 0 Å². The molecule has 0 spiro atoms. The molecule has 9 atom stereocenters. The molecule has 1 aliphatic heterocycles. The first-order valence-electron chi connectivity index (χ1n) is 14.4. The Bertz CT molecular complexity index is 843. The van der Waals surface area contributed by atoms with Crippen LogP contribution < -0.4 is 10.6 Å². The molecule has 0 aromatic rings. The lowest BCUT2D eigenvalue weighted by molar-refractivity contribution is -0.123. The van der Waals surface area contributed by atoms with Crippen LogP contribution in [0, 0.1) is 45.8 Å². The van der Waals surface area contributed by atoms with Gasteiger partial charge in [0, 0.05) is 25.0 Å². The van der Waals surface area contributed by atoms with Crippen molar-refractivity contribution in [3.8, 4) is 0 Å². The molecule has 6 heteroatoms. The molecule has 1 unspecified atom stereocenters. The van der Waals surface area contributed by atoms with E-state index in [9.17, 15) is 9.90 Å². The van der Waals surface area contributed by atoms with E-state index >= 15 is 0 Å². The van der Waals surface area contributed by atoms with Crippen molar-refractivity contribution in [1.29, 1.82) is 0 Å². The molecule has 0 bridgehead atoms. The normalized spacial score (nSPS) is 46.9. The van der Waals surface area contributed by atoms with Crippen LogP contribution in [-0.2, 0) is 4.84 Å². The number of nitrogens with one attached hydrogen (secondary N) is 2. The van der Waals surface area contributed by atoms with Crippen LogP contribution in [0.15, 0.2) is 5.16 Å². The SMILES string of the molecule is C/C(=N\OC(=O)NCC1CC(C)(C)CN1)[C@H]1CC[C@H]2[C@@H]3CC[C@@H]4C[C@H](O)CC[C@]4(C)[C@H]3CC[C@]12C. The molecule has 0 radical (unpaired) electrons. The van der Waals surface area contributed by atoms with Gasteiger partial charge >= 0.3 is 6.09 Å². The fraction of sp³-hybridized carbons (Fsp3) is 0.931. The summed E-state index contributed by atoms with van der Waals surface area (Å²) in [6.07, 6.45) is 11.3. The summed E-state index contributed by atoms with van der Waals surface area (Å²) in [5.41, 5.74) is 1.94. The van der Waals surface area contributed by atoms with Gasteiger partial charge in [-0.3, -0.25) is 4.84 Å². The first-order chi connectivity index (χ1) is 16.5. The number of hydrogen-bond donors (Lipinski definition) is 3. The summed E-state index contributed by atoms with van der Waals surface area (Å²) in [4.78, 5) is 17.7. The monoisotopic (exact) mass is 487 g/mol.